The highest BCUT2D eigenvalue weighted by molar-refractivity contribution is 14.0. The maximum absolute atomic E-state index is 4.40. The van der Waals surface area contributed by atoms with Gasteiger partial charge in [0.2, 0.25) is 0 Å². The van der Waals surface area contributed by atoms with Crippen LogP contribution < -0.4 is 10.6 Å². The van der Waals surface area contributed by atoms with Crippen LogP contribution in [0, 0.1) is 5.41 Å². The van der Waals surface area contributed by atoms with Gasteiger partial charge in [-0.25, -0.2) is 0 Å². The molecular formula is C18H33IN6. The molecule has 0 atom stereocenters. The van der Waals surface area contributed by atoms with Crippen molar-refractivity contribution in [2.45, 2.75) is 71.3 Å². The van der Waals surface area contributed by atoms with Crippen LogP contribution in [0.15, 0.2) is 4.99 Å². The van der Waals surface area contributed by atoms with E-state index in [1.54, 1.807) is 0 Å². The average Bonchev–Trinajstić information content (AvgIpc) is 2.79. The van der Waals surface area contributed by atoms with Crippen molar-refractivity contribution in [1.29, 1.82) is 0 Å². The third kappa shape index (κ3) is 5.08. The lowest BCUT2D eigenvalue weighted by atomic mass is 9.67. The Morgan fingerprint density at radius 2 is 2.00 bits per heavy atom. The summed E-state index contributed by atoms with van der Waals surface area (Å²) >= 11 is 0. The molecule has 0 unspecified atom stereocenters. The molecule has 0 amide bonds. The highest BCUT2D eigenvalue weighted by Gasteiger charge is 2.34. The molecule has 1 saturated carbocycles. The Morgan fingerprint density at radius 3 is 2.68 bits per heavy atom. The van der Waals surface area contributed by atoms with Gasteiger partial charge >= 0.3 is 0 Å². The van der Waals surface area contributed by atoms with Crippen molar-refractivity contribution in [3.05, 3.63) is 11.6 Å². The molecule has 142 valence electrons. The summed E-state index contributed by atoms with van der Waals surface area (Å²) in [6.45, 7) is 5.25. The molecule has 1 aromatic rings. The van der Waals surface area contributed by atoms with E-state index in [1.807, 2.05) is 7.05 Å². The molecule has 1 aliphatic carbocycles. The summed E-state index contributed by atoms with van der Waals surface area (Å²) in [7, 11) is 1.85. The molecule has 2 aliphatic rings. The first kappa shape index (κ1) is 20.5. The van der Waals surface area contributed by atoms with E-state index in [-0.39, 0.29) is 24.0 Å². The molecule has 6 nitrogen and oxygen atoms in total. The van der Waals surface area contributed by atoms with Crippen LogP contribution in [0.3, 0.4) is 0 Å². The van der Waals surface area contributed by atoms with E-state index in [0.29, 0.717) is 5.41 Å². The Kier molecular flexibility index (Phi) is 7.96. The number of aromatic nitrogens is 3. The minimum Gasteiger partial charge on any atom is -0.356 e. The van der Waals surface area contributed by atoms with Crippen molar-refractivity contribution in [3.63, 3.8) is 0 Å². The van der Waals surface area contributed by atoms with Crippen molar-refractivity contribution in [1.82, 2.24) is 25.4 Å². The predicted molar refractivity (Wildman–Crippen MR) is 113 cm³/mol. The summed E-state index contributed by atoms with van der Waals surface area (Å²) in [5, 5.41) is 15.7. The third-order valence-corrected chi connectivity index (χ3v) is 5.85. The molecule has 7 heteroatoms. The van der Waals surface area contributed by atoms with Crippen LogP contribution in [-0.2, 0) is 19.4 Å². The number of nitrogens with one attached hydrogen (secondary N) is 2. The second kappa shape index (κ2) is 9.73. The van der Waals surface area contributed by atoms with Gasteiger partial charge < -0.3 is 15.2 Å². The lowest BCUT2D eigenvalue weighted by Crippen LogP contribution is -2.46. The minimum absolute atomic E-state index is 0. The van der Waals surface area contributed by atoms with Crippen molar-refractivity contribution < 1.29 is 0 Å². The molecule has 25 heavy (non-hydrogen) atoms. The fourth-order valence-electron chi connectivity index (χ4n) is 3.85. The summed E-state index contributed by atoms with van der Waals surface area (Å²) < 4.78 is 2.32. The Balaban J connectivity index is 0.00000225. The first-order valence-corrected chi connectivity index (χ1v) is 9.62. The van der Waals surface area contributed by atoms with E-state index < -0.39 is 0 Å². The van der Waals surface area contributed by atoms with Crippen molar-refractivity contribution in [2.24, 2.45) is 10.4 Å². The standard InChI is InChI=1S/C18H32N6.HI/c1-3-18(10-7-11-18)14-21-17(19-2)20-12-9-16-23-22-15-8-5-4-6-13-24(15)16;/h3-14H2,1-2H3,(H2,19,20,21);1H. The Bertz CT molecular complexity index is 558. The molecule has 1 aliphatic heterocycles. The molecule has 2 heterocycles. The van der Waals surface area contributed by atoms with E-state index in [4.69, 9.17) is 0 Å². The van der Waals surface area contributed by atoms with Gasteiger partial charge in [0, 0.05) is 39.5 Å². The van der Waals surface area contributed by atoms with Gasteiger partial charge in [0.25, 0.3) is 0 Å². The van der Waals surface area contributed by atoms with E-state index in [1.165, 1.54) is 50.8 Å². The molecular weight excluding hydrogens is 427 g/mol. The number of nitrogens with zero attached hydrogens (tertiary/aromatic N) is 4. The fourth-order valence-corrected chi connectivity index (χ4v) is 3.85. The maximum atomic E-state index is 4.40. The topological polar surface area (TPSA) is 67.1 Å². The van der Waals surface area contributed by atoms with Crippen LogP contribution >= 0.6 is 24.0 Å². The summed E-state index contributed by atoms with van der Waals surface area (Å²) in [5.41, 5.74) is 0.502. The van der Waals surface area contributed by atoms with Crippen LogP contribution in [0.2, 0.25) is 0 Å². The number of aryl methyl sites for hydroxylation is 1. The summed E-state index contributed by atoms with van der Waals surface area (Å²) in [4.78, 5) is 4.36. The van der Waals surface area contributed by atoms with Gasteiger partial charge in [-0.15, -0.1) is 34.2 Å². The molecule has 2 N–H and O–H groups in total. The second-order valence-corrected chi connectivity index (χ2v) is 7.30. The Hall–Kier alpha value is -0.860. The van der Waals surface area contributed by atoms with E-state index >= 15 is 0 Å². The third-order valence-electron chi connectivity index (χ3n) is 5.85. The normalized spacial score (nSPS) is 19.2. The molecule has 0 spiro atoms. The maximum Gasteiger partial charge on any atom is 0.191 e. The van der Waals surface area contributed by atoms with Crippen molar-refractivity contribution >= 4 is 29.9 Å². The summed E-state index contributed by atoms with van der Waals surface area (Å²) in [5.74, 6) is 3.18. The number of fused-ring (bicyclic) bond motifs is 1. The zero-order chi connectivity index (χ0) is 16.8. The van der Waals surface area contributed by atoms with Crippen LogP contribution in [0.25, 0.3) is 0 Å². The molecule has 1 aromatic heterocycles. The predicted octanol–water partition coefficient (Wildman–Crippen LogP) is 2.91. The monoisotopic (exact) mass is 460 g/mol. The number of rotatable bonds is 6. The van der Waals surface area contributed by atoms with Gasteiger partial charge in [0.15, 0.2) is 5.96 Å². The fraction of sp³-hybridized carbons (Fsp3) is 0.833. The van der Waals surface area contributed by atoms with Crippen LogP contribution in [-0.4, -0.2) is 40.9 Å². The molecule has 0 bridgehead atoms. The van der Waals surface area contributed by atoms with Crippen LogP contribution in [0.1, 0.15) is 63.5 Å². The van der Waals surface area contributed by atoms with E-state index in [0.717, 1.165) is 44.3 Å². The first-order chi connectivity index (χ1) is 11.8. The SMILES string of the molecule is CCC1(CNC(=NC)NCCc2nnc3n2CCCCC3)CCC1.I. The summed E-state index contributed by atoms with van der Waals surface area (Å²) in [6.07, 6.45) is 11.1. The van der Waals surface area contributed by atoms with Gasteiger partial charge in [0.05, 0.1) is 0 Å². The van der Waals surface area contributed by atoms with Crippen molar-refractivity contribution in [3.8, 4) is 0 Å². The van der Waals surface area contributed by atoms with Gasteiger partial charge in [-0.3, -0.25) is 4.99 Å². The van der Waals surface area contributed by atoms with E-state index in [9.17, 15) is 0 Å². The van der Waals surface area contributed by atoms with Gasteiger partial charge in [-0.2, -0.15) is 0 Å². The lowest BCUT2D eigenvalue weighted by molar-refractivity contribution is 0.131. The van der Waals surface area contributed by atoms with Crippen molar-refractivity contribution in [2.75, 3.05) is 20.1 Å². The largest absolute Gasteiger partial charge is 0.356 e. The Labute approximate surface area is 168 Å². The second-order valence-electron chi connectivity index (χ2n) is 7.30. The van der Waals surface area contributed by atoms with Crippen LogP contribution in [0.4, 0.5) is 0 Å². The molecule has 3 rings (SSSR count). The van der Waals surface area contributed by atoms with Gasteiger partial charge in [-0.1, -0.05) is 19.8 Å². The first-order valence-electron chi connectivity index (χ1n) is 9.62. The molecule has 0 aromatic carbocycles. The average molecular weight is 460 g/mol. The van der Waals surface area contributed by atoms with Gasteiger partial charge in [0.1, 0.15) is 11.6 Å². The highest BCUT2D eigenvalue weighted by atomic mass is 127. The number of guanidine groups is 1. The lowest BCUT2D eigenvalue weighted by Gasteiger charge is -2.41. The summed E-state index contributed by atoms with van der Waals surface area (Å²) in [6, 6.07) is 0. The molecule has 1 fully saturated rings. The number of halogens is 1. The zero-order valence-electron chi connectivity index (χ0n) is 15.7. The smallest absolute Gasteiger partial charge is 0.191 e. The molecule has 0 saturated heterocycles. The quantitative estimate of drug-likeness (QED) is 0.389. The number of hydrogen-bond acceptors (Lipinski definition) is 3. The van der Waals surface area contributed by atoms with Gasteiger partial charge in [-0.05, 0) is 37.5 Å². The zero-order valence-corrected chi connectivity index (χ0v) is 18.0. The molecule has 0 radical (unpaired) electrons. The van der Waals surface area contributed by atoms with E-state index in [2.05, 4.69) is 37.3 Å². The van der Waals surface area contributed by atoms with Crippen LogP contribution in [0.5, 0.6) is 0 Å². The number of aliphatic imine (C=N–C) groups is 1. The minimum atomic E-state index is 0. The number of hydrogen-bond donors (Lipinski definition) is 2. The Morgan fingerprint density at radius 1 is 1.16 bits per heavy atom. The highest BCUT2D eigenvalue weighted by Crippen LogP contribution is 2.42.